The lowest BCUT2D eigenvalue weighted by atomic mass is 10.1. The first-order valence-electron chi connectivity index (χ1n) is 9.65. The Morgan fingerprint density at radius 1 is 1.20 bits per heavy atom. The number of hydrogen-bond acceptors (Lipinski definition) is 4. The molecule has 2 aromatic heterocycles. The molecule has 1 aromatic carbocycles. The molecule has 1 aliphatic heterocycles. The normalized spacial score (nSPS) is 16.7. The van der Waals surface area contributed by atoms with Gasteiger partial charge in [0.2, 0.25) is 0 Å². The zero-order valence-corrected chi connectivity index (χ0v) is 16.6. The van der Waals surface area contributed by atoms with Crippen molar-refractivity contribution in [2.24, 2.45) is 0 Å². The SMILES string of the molecule is Cc1cccc(-n2ccnc2[C@@H]2CCCN2c2nc(C)cc(C(F)(F)F)c2C#N)c1. The average molecular weight is 411 g/mol. The summed E-state index contributed by atoms with van der Waals surface area (Å²) < 4.78 is 42.6. The van der Waals surface area contributed by atoms with E-state index >= 15 is 0 Å². The van der Waals surface area contributed by atoms with E-state index in [1.165, 1.54) is 6.92 Å². The zero-order valence-electron chi connectivity index (χ0n) is 16.6. The van der Waals surface area contributed by atoms with Gasteiger partial charge in [-0.3, -0.25) is 0 Å². The maximum atomic E-state index is 13.6. The molecule has 1 aliphatic rings. The molecular weight excluding hydrogens is 391 g/mol. The minimum Gasteiger partial charge on any atom is -0.345 e. The Kier molecular flexibility index (Phi) is 4.98. The monoisotopic (exact) mass is 411 g/mol. The van der Waals surface area contributed by atoms with Crippen LogP contribution >= 0.6 is 0 Å². The fourth-order valence-corrected chi connectivity index (χ4v) is 4.04. The second-order valence-electron chi connectivity index (χ2n) is 7.47. The molecule has 30 heavy (non-hydrogen) atoms. The maximum absolute atomic E-state index is 13.6. The van der Waals surface area contributed by atoms with E-state index in [2.05, 4.69) is 9.97 Å². The van der Waals surface area contributed by atoms with Gasteiger partial charge in [0.15, 0.2) is 0 Å². The van der Waals surface area contributed by atoms with Crippen molar-refractivity contribution in [3.8, 4) is 11.8 Å². The topological polar surface area (TPSA) is 57.7 Å². The Bertz CT molecular complexity index is 1130. The van der Waals surface area contributed by atoms with Crippen LogP contribution in [0.4, 0.5) is 19.0 Å². The summed E-state index contributed by atoms with van der Waals surface area (Å²) >= 11 is 0. The van der Waals surface area contributed by atoms with Crippen molar-refractivity contribution < 1.29 is 13.2 Å². The van der Waals surface area contributed by atoms with Gasteiger partial charge in [0.1, 0.15) is 23.3 Å². The molecule has 3 heterocycles. The van der Waals surface area contributed by atoms with Crippen LogP contribution in [-0.4, -0.2) is 21.1 Å². The Labute approximate surface area is 172 Å². The predicted molar refractivity (Wildman–Crippen MR) is 106 cm³/mol. The number of anilines is 1. The second kappa shape index (κ2) is 7.48. The first-order chi connectivity index (χ1) is 14.3. The first-order valence-corrected chi connectivity index (χ1v) is 9.65. The smallest absolute Gasteiger partial charge is 0.345 e. The number of rotatable bonds is 3. The van der Waals surface area contributed by atoms with Crippen LogP contribution in [0.1, 0.15) is 47.1 Å². The number of aromatic nitrogens is 3. The number of aryl methyl sites for hydroxylation is 2. The molecule has 0 saturated carbocycles. The second-order valence-corrected chi connectivity index (χ2v) is 7.47. The lowest BCUT2D eigenvalue weighted by molar-refractivity contribution is -0.137. The summed E-state index contributed by atoms with van der Waals surface area (Å²) in [6.07, 6.45) is 0.390. The average Bonchev–Trinajstić information content (AvgIpc) is 3.35. The summed E-state index contributed by atoms with van der Waals surface area (Å²) in [5.41, 5.74) is 0.873. The Hall–Kier alpha value is -3.34. The third-order valence-electron chi connectivity index (χ3n) is 5.32. The number of benzene rings is 1. The number of alkyl halides is 3. The van der Waals surface area contributed by atoms with Gasteiger partial charge in [-0.1, -0.05) is 12.1 Å². The van der Waals surface area contributed by atoms with Crippen molar-refractivity contribution in [3.05, 3.63) is 70.9 Å². The van der Waals surface area contributed by atoms with E-state index in [0.29, 0.717) is 13.0 Å². The number of halogens is 3. The summed E-state index contributed by atoms with van der Waals surface area (Å²) in [5, 5.41) is 9.56. The van der Waals surface area contributed by atoms with Crippen LogP contribution in [0, 0.1) is 25.2 Å². The molecule has 3 aromatic rings. The molecule has 1 atom stereocenters. The van der Waals surface area contributed by atoms with Gasteiger partial charge < -0.3 is 9.47 Å². The van der Waals surface area contributed by atoms with Gasteiger partial charge >= 0.3 is 6.18 Å². The lowest BCUT2D eigenvalue weighted by Gasteiger charge is -2.28. The summed E-state index contributed by atoms with van der Waals surface area (Å²) in [7, 11) is 0. The summed E-state index contributed by atoms with van der Waals surface area (Å²) in [4.78, 5) is 10.6. The molecule has 5 nitrogen and oxygen atoms in total. The van der Waals surface area contributed by atoms with Crippen molar-refractivity contribution in [1.82, 2.24) is 14.5 Å². The van der Waals surface area contributed by atoms with Crippen LogP contribution < -0.4 is 4.90 Å². The highest BCUT2D eigenvalue weighted by atomic mass is 19.4. The minimum atomic E-state index is -4.62. The standard InChI is InChI=1S/C22H20F3N5/c1-14-5-3-6-16(11-14)29-10-8-27-21(29)19-7-4-9-30(19)20-17(13-26)18(22(23,24)25)12-15(2)28-20/h3,5-6,8,10-12,19H,4,7,9H2,1-2H3/t19-/m0/s1. The van der Waals surface area contributed by atoms with Crippen LogP contribution in [0.2, 0.25) is 0 Å². The van der Waals surface area contributed by atoms with E-state index in [1.54, 1.807) is 17.2 Å². The van der Waals surface area contributed by atoms with Gasteiger partial charge in [0.25, 0.3) is 0 Å². The van der Waals surface area contributed by atoms with E-state index in [-0.39, 0.29) is 17.6 Å². The molecule has 0 bridgehead atoms. The highest BCUT2D eigenvalue weighted by Gasteiger charge is 2.39. The zero-order chi connectivity index (χ0) is 21.5. The molecule has 0 unspecified atom stereocenters. The van der Waals surface area contributed by atoms with Gasteiger partial charge in [-0.25, -0.2) is 9.97 Å². The van der Waals surface area contributed by atoms with E-state index in [0.717, 1.165) is 29.6 Å². The lowest BCUT2D eigenvalue weighted by Crippen LogP contribution is -2.28. The molecule has 1 fully saturated rings. The largest absolute Gasteiger partial charge is 0.417 e. The van der Waals surface area contributed by atoms with Crippen LogP contribution in [0.5, 0.6) is 0 Å². The van der Waals surface area contributed by atoms with E-state index < -0.39 is 17.3 Å². The van der Waals surface area contributed by atoms with Crippen molar-refractivity contribution in [2.45, 2.75) is 38.9 Å². The molecule has 0 radical (unpaired) electrons. The maximum Gasteiger partial charge on any atom is 0.417 e. The molecule has 0 amide bonds. The molecule has 8 heteroatoms. The van der Waals surface area contributed by atoms with Crippen molar-refractivity contribution >= 4 is 5.82 Å². The van der Waals surface area contributed by atoms with Gasteiger partial charge in [0, 0.05) is 30.3 Å². The highest BCUT2D eigenvalue weighted by molar-refractivity contribution is 5.60. The van der Waals surface area contributed by atoms with Gasteiger partial charge in [0.05, 0.1) is 11.6 Å². The molecule has 0 N–H and O–H groups in total. The molecule has 0 spiro atoms. The number of pyridine rings is 1. The van der Waals surface area contributed by atoms with E-state index in [4.69, 9.17) is 0 Å². The van der Waals surface area contributed by atoms with Crippen LogP contribution in [0.25, 0.3) is 5.69 Å². The third kappa shape index (κ3) is 3.52. The third-order valence-corrected chi connectivity index (χ3v) is 5.32. The van der Waals surface area contributed by atoms with Crippen molar-refractivity contribution in [3.63, 3.8) is 0 Å². The molecule has 1 saturated heterocycles. The predicted octanol–water partition coefficient (Wildman–Crippen LogP) is 5.12. The van der Waals surface area contributed by atoms with E-state index in [9.17, 15) is 18.4 Å². The summed E-state index contributed by atoms with van der Waals surface area (Å²) in [6, 6.07) is 10.3. The van der Waals surface area contributed by atoms with Crippen LogP contribution in [0.3, 0.4) is 0 Å². The number of nitriles is 1. The Morgan fingerprint density at radius 3 is 2.70 bits per heavy atom. The van der Waals surface area contributed by atoms with Crippen molar-refractivity contribution in [2.75, 3.05) is 11.4 Å². The summed E-state index contributed by atoms with van der Waals surface area (Å²) in [5.74, 6) is 0.796. The Balaban J connectivity index is 1.82. The summed E-state index contributed by atoms with van der Waals surface area (Å²) in [6.45, 7) is 4.02. The Morgan fingerprint density at radius 2 is 2.00 bits per heavy atom. The van der Waals surface area contributed by atoms with Gasteiger partial charge in [-0.15, -0.1) is 0 Å². The van der Waals surface area contributed by atoms with Crippen LogP contribution in [-0.2, 0) is 6.18 Å². The van der Waals surface area contributed by atoms with Crippen LogP contribution in [0.15, 0.2) is 42.7 Å². The fourth-order valence-electron chi connectivity index (χ4n) is 4.04. The van der Waals surface area contributed by atoms with Gasteiger partial charge in [-0.2, -0.15) is 18.4 Å². The number of nitrogens with zero attached hydrogens (tertiary/aromatic N) is 5. The number of imidazole rings is 1. The molecular formula is C22H20F3N5. The fraction of sp³-hybridized carbons (Fsp3) is 0.318. The van der Waals surface area contributed by atoms with Crippen molar-refractivity contribution in [1.29, 1.82) is 5.26 Å². The number of hydrogen-bond donors (Lipinski definition) is 0. The quantitative estimate of drug-likeness (QED) is 0.601. The minimum absolute atomic E-state index is 0.0751. The molecule has 154 valence electrons. The molecule has 4 rings (SSSR count). The van der Waals surface area contributed by atoms with Gasteiger partial charge in [-0.05, 0) is 50.5 Å². The highest BCUT2D eigenvalue weighted by Crippen LogP contribution is 2.41. The first kappa shape index (κ1) is 20.0. The molecule has 0 aliphatic carbocycles. The van der Waals surface area contributed by atoms with E-state index in [1.807, 2.05) is 42.0 Å².